The van der Waals surface area contributed by atoms with Gasteiger partial charge in [0.05, 0.1) is 24.4 Å². The molecule has 2 aromatic rings. The van der Waals surface area contributed by atoms with E-state index in [-0.39, 0.29) is 30.5 Å². The molecule has 2 aromatic carbocycles. The molecule has 3 heterocycles. The average molecular weight is 517 g/mol. The SMILES string of the molecule is N#Cc1ccc(NC(=O)N2CCC3(CC2)C(=O)N(CC(=O)NC[C@@H]2CCCO2)CN3c2ccccc2)cc1. The molecule has 3 aliphatic heterocycles. The summed E-state index contributed by atoms with van der Waals surface area (Å²) >= 11 is 0. The lowest BCUT2D eigenvalue weighted by Gasteiger charge is -2.43. The third-order valence-electron chi connectivity index (χ3n) is 7.61. The smallest absolute Gasteiger partial charge is 0.321 e. The fourth-order valence-corrected chi connectivity index (χ4v) is 5.49. The van der Waals surface area contributed by atoms with Crippen molar-refractivity contribution in [2.75, 3.05) is 49.7 Å². The van der Waals surface area contributed by atoms with Crippen molar-refractivity contribution in [1.82, 2.24) is 15.1 Å². The number of amides is 4. The van der Waals surface area contributed by atoms with Gasteiger partial charge in [0.25, 0.3) is 5.91 Å². The second-order valence-electron chi connectivity index (χ2n) is 9.99. The van der Waals surface area contributed by atoms with Crippen LogP contribution in [-0.4, -0.2) is 78.7 Å². The quantitative estimate of drug-likeness (QED) is 0.609. The van der Waals surface area contributed by atoms with Crippen molar-refractivity contribution in [3.05, 3.63) is 60.2 Å². The molecule has 0 unspecified atom stereocenters. The van der Waals surface area contributed by atoms with Gasteiger partial charge in [-0.1, -0.05) is 18.2 Å². The predicted octanol–water partition coefficient (Wildman–Crippen LogP) is 2.53. The second kappa shape index (κ2) is 11.1. The van der Waals surface area contributed by atoms with Gasteiger partial charge in [0.1, 0.15) is 12.1 Å². The largest absolute Gasteiger partial charge is 0.376 e. The van der Waals surface area contributed by atoms with E-state index in [2.05, 4.69) is 21.6 Å². The zero-order valence-corrected chi connectivity index (χ0v) is 21.3. The number of nitriles is 1. The first-order valence-corrected chi connectivity index (χ1v) is 13.0. The zero-order chi connectivity index (χ0) is 26.5. The van der Waals surface area contributed by atoms with E-state index in [0.717, 1.165) is 25.1 Å². The molecule has 38 heavy (non-hydrogen) atoms. The van der Waals surface area contributed by atoms with Gasteiger partial charge in [-0.05, 0) is 62.1 Å². The third kappa shape index (κ3) is 5.29. The standard InChI is InChI=1S/C28H32N6O4/c29-17-21-8-10-22(11-9-21)31-27(37)32-14-12-28(13-15-32)26(36)33(20-34(28)23-5-2-1-3-6-23)19-25(35)30-18-24-7-4-16-38-24/h1-3,5-6,8-11,24H,4,7,12-16,18-20H2,(H,30,35)(H,31,37)/t24-/m0/s1. The molecule has 0 saturated carbocycles. The molecule has 2 N–H and O–H groups in total. The summed E-state index contributed by atoms with van der Waals surface area (Å²) in [5, 5.41) is 14.8. The molecule has 5 rings (SSSR count). The molecule has 0 aliphatic carbocycles. The van der Waals surface area contributed by atoms with Gasteiger partial charge < -0.3 is 30.1 Å². The fourth-order valence-electron chi connectivity index (χ4n) is 5.49. The van der Waals surface area contributed by atoms with E-state index >= 15 is 0 Å². The number of benzene rings is 2. The lowest BCUT2D eigenvalue weighted by molar-refractivity contribution is -0.137. The number of ether oxygens (including phenoxy) is 1. The number of nitrogens with zero attached hydrogens (tertiary/aromatic N) is 4. The Morgan fingerprint density at radius 2 is 1.82 bits per heavy atom. The van der Waals surface area contributed by atoms with Gasteiger partial charge in [0, 0.05) is 37.6 Å². The monoisotopic (exact) mass is 516 g/mol. The number of hydrogen-bond donors (Lipinski definition) is 2. The first-order chi connectivity index (χ1) is 18.5. The van der Waals surface area contributed by atoms with E-state index in [0.29, 0.717) is 50.4 Å². The van der Waals surface area contributed by atoms with Crippen LogP contribution in [-0.2, 0) is 14.3 Å². The first kappa shape index (κ1) is 25.5. The number of likely N-dealkylation sites (tertiary alicyclic amines) is 1. The van der Waals surface area contributed by atoms with Gasteiger partial charge in [-0.25, -0.2) is 4.79 Å². The van der Waals surface area contributed by atoms with Crippen LogP contribution in [0.2, 0.25) is 0 Å². The van der Waals surface area contributed by atoms with Gasteiger partial charge in [-0.15, -0.1) is 0 Å². The van der Waals surface area contributed by atoms with Crippen LogP contribution >= 0.6 is 0 Å². The normalized spacial score (nSPS) is 20.4. The minimum atomic E-state index is -0.818. The molecular weight excluding hydrogens is 484 g/mol. The van der Waals surface area contributed by atoms with Crippen molar-refractivity contribution in [3.63, 3.8) is 0 Å². The summed E-state index contributed by atoms with van der Waals surface area (Å²) in [6.45, 7) is 2.28. The number of carbonyl (C=O) groups excluding carboxylic acids is 3. The van der Waals surface area contributed by atoms with Gasteiger partial charge in [0.2, 0.25) is 5.91 Å². The highest BCUT2D eigenvalue weighted by Crippen LogP contribution is 2.39. The van der Waals surface area contributed by atoms with Crippen LogP contribution in [0.4, 0.5) is 16.2 Å². The third-order valence-corrected chi connectivity index (χ3v) is 7.61. The number of rotatable bonds is 6. The maximum atomic E-state index is 13.8. The summed E-state index contributed by atoms with van der Waals surface area (Å²) in [7, 11) is 0. The zero-order valence-electron chi connectivity index (χ0n) is 21.3. The van der Waals surface area contributed by atoms with Gasteiger partial charge in [-0.3, -0.25) is 9.59 Å². The van der Waals surface area contributed by atoms with Gasteiger partial charge in [0.15, 0.2) is 0 Å². The van der Waals surface area contributed by atoms with E-state index in [1.165, 1.54) is 0 Å². The summed E-state index contributed by atoms with van der Waals surface area (Å²) in [6.07, 6.45) is 2.89. The van der Waals surface area contributed by atoms with E-state index in [1.807, 2.05) is 30.3 Å². The van der Waals surface area contributed by atoms with Crippen molar-refractivity contribution in [3.8, 4) is 6.07 Å². The average Bonchev–Trinajstić information content (AvgIpc) is 3.56. The maximum absolute atomic E-state index is 13.8. The second-order valence-corrected chi connectivity index (χ2v) is 9.99. The summed E-state index contributed by atoms with van der Waals surface area (Å²) in [6, 6.07) is 18.3. The maximum Gasteiger partial charge on any atom is 0.321 e. The lowest BCUT2D eigenvalue weighted by Crippen LogP contribution is -2.58. The molecule has 0 aromatic heterocycles. The number of piperidine rings is 1. The van der Waals surface area contributed by atoms with E-state index in [4.69, 9.17) is 10.00 Å². The Balaban J connectivity index is 1.25. The van der Waals surface area contributed by atoms with Crippen molar-refractivity contribution < 1.29 is 19.1 Å². The lowest BCUT2D eigenvalue weighted by atomic mass is 9.85. The topological polar surface area (TPSA) is 118 Å². The van der Waals surface area contributed by atoms with Crippen LogP contribution in [0.1, 0.15) is 31.2 Å². The highest BCUT2D eigenvalue weighted by molar-refractivity contribution is 5.97. The molecule has 4 amide bonds. The van der Waals surface area contributed by atoms with E-state index < -0.39 is 5.54 Å². The molecule has 1 atom stereocenters. The Labute approximate surface area is 222 Å². The Morgan fingerprint density at radius 3 is 2.47 bits per heavy atom. The van der Waals surface area contributed by atoms with Crippen LogP contribution in [0, 0.1) is 11.3 Å². The Morgan fingerprint density at radius 1 is 1.08 bits per heavy atom. The number of nitrogens with one attached hydrogen (secondary N) is 2. The Hall–Kier alpha value is -4.10. The Kier molecular flexibility index (Phi) is 7.47. The summed E-state index contributed by atoms with van der Waals surface area (Å²) in [5.41, 5.74) is 1.23. The number of para-hydroxylation sites is 1. The molecule has 3 saturated heterocycles. The van der Waals surface area contributed by atoms with E-state index in [1.54, 1.807) is 34.1 Å². The molecule has 0 radical (unpaired) electrons. The number of urea groups is 1. The molecule has 3 aliphatic rings. The fraction of sp³-hybridized carbons (Fsp3) is 0.429. The number of hydrogen-bond acceptors (Lipinski definition) is 6. The number of carbonyl (C=O) groups is 3. The molecule has 3 fully saturated rings. The predicted molar refractivity (Wildman–Crippen MR) is 141 cm³/mol. The summed E-state index contributed by atoms with van der Waals surface area (Å²) < 4.78 is 5.58. The van der Waals surface area contributed by atoms with Crippen molar-refractivity contribution >= 4 is 29.2 Å². The minimum absolute atomic E-state index is 0.0144. The Bertz CT molecular complexity index is 1200. The minimum Gasteiger partial charge on any atom is -0.376 e. The highest BCUT2D eigenvalue weighted by Gasteiger charge is 2.54. The van der Waals surface area contributed by atoms with Crippen LogP contribution in [0.3, 0.4) is 0 Å². The van der Waals surface area contributed by atoms with Crippen LogP contribution in [0.25, 0.3) is 0 Å². The molecule has 10 nitrogen and oxygen atoms in total. The van der Waals surface area contributed by atoms with Crippen molar-refractivity contribution in [2.24, 2.45) is 0 Å². The van der Waals surface area contributed by atoms with E-state index in [9.17, 15) is 14.4 Å². The van der Waals surface area contributed by atoms with Gasteiger partial charge >= 0.3 is 6.03 Å². The first-order valence-electron chi connectivity index (χ1n) is 13.0. The van der Waals surface area contributed by atoms with Crippen LogP contribution in [0.15, 0.2) is 54.6 Å². The summed E-state index contributed by atoms with van der Waals surface area (Å²) in [4.78, 5) is 44.9. The summed E-state index contributed by atoms with van der Waals surface area (Å²) in [5.74, 6) is -0.279. The van der Waals surface area contributed by atoms with Crippen LogP contribution in [0.5, 0.6) is 0 Å². The molecule has 198 valence electrons. The van der Waals surface area contributed by atoms with Crippen LogP contribution < -0.4 is 15.5 Å². The molecule has 0 bridgehead atoms. The van der Waals surface area contributed by atoms with Gasteiger partial charge in [-0.2, -0.15) is 5.26 Å². The van der Waals surface area contributed by atoms with Crippen molar-refractivity contribution in [1.29, 1.82) is 5.26 Å². The highest BCUT2D eigenvalue weighted by atomic mass is 16.5. The van der Waals surface area contributed by atoms with Crippen molar-refractivity contribution in [2.45, 2.75) is 37.3 Å². The number of anilines is 2. The molecular formula is C28H32N6O4. The molecule has 10 heteroatoms. The molecule has 1 spiro atoms.